The van der Waals surface area contributed by atoms with Crippen molar-refractivity contribution >= 4 is 17.5 Å². The summed E-state index contributed by atoms with van der Waals surface area (Å²) in [6, 6.07) is 1.32. The fourth-order valence-corrected chi connectivity index (χ4v) is 3.18. The second kappa shape index (κ2) is 7.13. The molecule has 22 heavy (non-hydrogen) atoms. The van der Waals surface area contributed by atoms with Crippen LogP contribution in [0.3, 0.4) is 0 Å². The van der Waals surface area contributed by atoms with Gasteiger partial charge < -0.3 is 5.32 Å². The lowest BCUT2D eigenvalue weighted by molar-refractivity contribution is -0.123. The molecule has 122 valence electrons. The molecule has 6 nitrogen and oxygen atoms in total. The Morgan fingerprint density at radius 3 is 2.64 bits per heavy atom. The minimum absolute atomic E-state index is 0.00783. The van der Waals surface area contributed by atoms with Crippen LogP contribution in [0.15, 0.2) is 15.7 Å². The first kappa shape index (κ1) is 16.8. The van der Waals surface area contributed by atoms with Crippen molar-refractivity contribution < 1.29 is 4.79 Å². The summed E-state index contributed by atoms with van der Waals surface area (Å²) < 4.78 is 2.19. The van der Waals surface area contributed by atoms with Gasteiger partial charge in [0.15, 0.2) is 0 Å². The number of hydrogen-bond acceptors (Lipinski definition) is 3. The van der Waals surface area contributed by atoms with Gasteiger partial charge in [0.1, 0.15) is 11.7 Å². The molecule has 0 saturated heterocycles. The van der Waals surface area contributed by atoms with Crippen molar-refractivity contribution in [1.29, 1.82) is 0 Å². The van der Waals surface area contributed by atoms with Gasteiger partial charge in [0.25, 0.3) is 5.56 Å². The van der Waals surface area contributed by atoms with Gasteiger partial charge in [-0.1, -0.05) is 31.4 Å². The summed E-state index contributed by atoms with van der Waals surface area (Å²) in [5.41, 5.74) is -0.998. The van der Waals surface area contributed by atoms with Gasteiger partial charge >= 0.3 is 5.69 Å². The first-order chi connectivity index (χ1) is 10.4. The van der Waals surface area contributed by atoms with Crippen LogP contribution in [0.4, 0.5) is 0 Å². The van der Waals surface area contributed by atoms with Crippen molar-refractivity contribution in [2.24, 2.45) is 5.92 Å². The van der Waals surface area contributed by atoms with Crippen LogP contribution < -0.4 is 16.6 Å². The molecule has 1 N–H and O–H groups in total. The van der Waals surface area contributed by atoms with Gasteiger partial charge in [-0.15, -0.1) is 0 Å². The molecule has 1 aliphatic rings. The highest BCUT2D eigenvalue weighted by molar-refractivity contribution is 6.29. The minimum Gasteiger partial charge on any atom is -0.352 e. The molecule has 0 unspecified atom stereocenters. The Bertz CT molecular complexity index is 665. The topological polar surface area (TPSA) is 73.1 Å². The van der Waals surface area contributed by atoms with E-state index >= 15 is 0 Å². The predicted octanol–water partition coefficient (Wildman–Crippen LogP) is 1.38. The number of nitrogens with one attached hydrogen (secondary N) is 1. The number of nitrogens with zero attached hydrogens (tertiary/aromatic N) is 2. The van der Waals surface area contributed by atoms with E-state index in [1.165, 1.54) is 12.5 Å². The van der Waals surface area contributed by atoms with Gasteiger partial charge in [-0.05, 0) is 25.7 Å². The lowest BCUT2D eigenvalue weighted by atomic mass is 9.86. The maximum Gasteiger partial charge on any atom is 0.332 e. The molecular formula is C15H22ClN3O3. The van der Waals surface area contributed by atoms with Crippen molar-refractivity contribution in [1.82, 2.24) is 14.5 Å². The number of carbonyl (C=O) groups is 1. The molecule has 2 atom stereocenters. The lowest BCUT2D eigenvalue weighted by Gasteiger charge is -2.29. The zero-order valence-corrected chi connectivity index (χ0v) is 13.7. The fourth-order valence-electron chi connectivity index (χ4n) is 2.95. The van der Waals surface area contributed by atoms with Crippen LogP contribution >= 0.6 is 11.6 Å². The molecule has 1 aromatic heterocycles. The minimum atomic E-state index is -0.549. The molecule has 1 fully saturated rings. The summed E-state index contributed by atoms with van der Waals surface area (Å²) in [4.78, 5) is 36.0. The number of amides is 1. The van der Waals surface area contributed by atoms with E-state index in [1.807, 2.05) is 0 Å². The van der Waals surface area contributed by atoms with Crippen LogP contribution in [-0.4, -0.2) is 21.1 Å². The monoisotopic (exact) mass is 327 g/mol. The third-order valence-electron chi connectivity index (χ3n) is 4.30. The summed E-state index contributed by atoms with van der Waals surface area (Å²) in [5, 5.41) is 2.97. The molecule has 1 amide bonds. The van der Waals surface area contributed by atoms with Gasteiger partial charge in [0, 0.05) is 18.7 Å². The number of halogens is 1. The number of aromatic nitrogens is 2. The molecule has 1 saturated carbocycles. The second-order valence-corrected chi connectivity index (χ2v) is 6.24. The van der Waals surface area contributed by atoms with E-state index in [0.717, 1.165) is 28.4 Å². The average Bonchev–Trinajstić information content (AvgIpc) is 2.46. The Labute approximate surface area is 134 Å². The molecule has 7 heteroatoms. The molecule has 2 rings (SSSR count). The second-order valence-electron chi connectivity index (χ2n) is 5.85. The van der Waals surface area contributed by atoms with E-state index < -0.39 is 11.2 Å². The highest BCUT2D eigenvalue weighted by Gasteiger charge is 2.23. The van der Waals surface area contributed by atoms with E-state index in [4.69, 9.17) is 11.6 Å². The van der Waals surface area contributed by atoms with Crippen LogP contribution in [0, 0.1) is 5.92 Å². The van der Waals surface area contributed by atoms with Crippen molar-refractivity contribution in [3.05, 3.63) is 32.1 Å². The quantitative estimate of drug-likeness (QED) is 0.849. The average molecular weight is 328 g/mol. The zero-order valence-electron chi connectivity index (χ0n) is 13.0. The van der Waals surface area contributed by atoms with Crippen LogP contribution in [0.1, 0.15) is 39.5 Å². The normalized spacial score (nSPS) is 21.6. The first-order valence-electron chi connectivity index (χ1n) is 7.73. The summed E-state index contributed by atoms with van der Waals surface area (Å²) >= 11 is 5.95. The summed E-state index contributed by atoms with van der Waals surface area (Å²) in [7, 11) is 0. The van der Waals surface area contributed by atoms with Gasteiger partial charge in [-0.25, -0.2) is 4.79 Å². The molecule has 1 heterocycles. The molecule has 0 bridgehead atoms. The summed E-state index contributed by atoms with van der Waals surface area (Å²) in [5.74, 6) is 0.193. The van der Waals surface area contributed by atoms with Gasteiger partial charge in [-0.2, -0.15) is 0 Å². The summed E-state index contributed by atoms with van der Waals surface area (Å²) in [6.45, 7) is 3.91. The number of rotatable bonds is 4. The van der Waals surface area contributed by atoms with E-state index in [-0.39, 0.29) is 30.2 Å². The highest BCUT2D eigenvalue weighted by atomic mass is 35.5. The van der Waals surface area contributed by atoms with Gasteiger partial charge in [0.2, 0.25) is 5.91 Å². The SMILES string of the molecule is CCn1c(=O)cc(Cl)n(CC(=O)N[C@H]2CCCC[C@@H]2C)c1=O. The number of hydrogen-bond donors (Lipinski definition) is 1. The van der Waals surface area contributed by atoms with Crippen molar-refractivity contribution in [2.45, 2.75) is 58.7 Å². The lowest BCUT2D eigenvalue weighted by Crippen LogP contribution is -2.46. The molecule has 0 radical (unpaired) electrons. The van der Waals surface area contributed by atoms with Crippen molar-refractivity contribution in [3.8, 4) is 0 Å². The van der Waals surface area contributed by atoms with Crippen molar-refractivity contribution in [3.63, 3.8) is 0 Å². The number of carbonyl (C=O) groups excluding carboxylic acids is 1. The van der Waals surface area contributed by atoms with Crippen LogP contribution in [0.25, 0.3) is 0 Å². The van der Waals surface area contributed by atoms with Crippen LogP contribution in [-0.2, 0) is 17.9 Å². The molecule has 0 aliphatic heterocycles. The Morgan fingerprint density at radius 2 is 2.00 bits per heavy atom. The zero-order chi connectivity index (χ0) is 16.3. The van der Waals surface area contributed by atoms with E-state index in [0.29, 0.717) is 5.92 Å². The molecule has 0 spiro atoms. The van der Waals surface area contributed by atoms with E-state index in [2.05, 4.69) is 12.2 Å². The Kier molecular flexibility index (Phi) is 5.45. The third-order valence-corrected chi connectivity index (χ3v) is 4.62. The Balaban J connectivity index is 2.15. The fraction of sp³-hybridized carbons (Fsp3) is 0.667. The molecule has 0 aromatic carbocycles. The molecule has 1 aromatic rings. The first-order valence-corrected chi connectivity index (χ1v) is 8.11. The third kappa shape index (κ3) is 3.61. The van der Waals surface area contributed by atoms with E-state index in [9.17, 15) is 14.4 Å². The maximum atomic E-state index is 12.2. The molecule has 1 aliphatic carbocycles. The standard InChI is InChI=1S/C15H22ClN3O3/c1-3-18-14(21)8-12(16)19(15(18)22)9-13(20)17-11-7-5-4-6-10(11)2/h8,10-11H,3-7,9H2,1-2H3,(H,17,20)/t10-,11-/m0/s1. The van der Waals surface area contributed by atoms with Gasteiger partial charge in [-0.3, -0.25) is 18.7 Å². The maximum absolute atomic E-state index is 12.2. The molecular weight excluding hydrogens is 306 g/mol. The van der Waals surface area contributed by atoms with Gasteiger partial charge in [0.05, 0.1) is 0 Å². The highest BCUT2D eigenvalue weighted by Crippen LogP contribution is 2.23. The summed E-state index contributed by atoms with van der Waals surface area (Å²) in [6.07, 6.45) is 4.37. The van der Waals surface area contributed by atoms with Crippen LogP contribution in [0.2, 0.25) is 5.15 Å². The smallest absolute Gasteiger partial charge is 0.332 e. The largest absolute Gasteiger partial charge is 0.352 e. The van der Waals surface area contributed by atoms with Crippen LogP contribution in [0.5, 0.6) is 0 Å². The Hall–Kier alpha value is -1.56. The Morgan fingerprint density at radius 1 is 1.32 bits per heavy atom. The van der Waals surface area contributed by atoms with E-state index in [1.54, 1.807) is 6.92 Å². The van der Waals surface area contributed by atoms with Crippen molar-refractivity contribution in [2.75, 3.05) is 0 Å². The predicted molar refractivity (Wildman–Crippen MR) is 85.2 cm³/mol.